The normalized spacial score (nSPS) is 12.1. The first-order valence-corrected chi connectivity index (χ1v) is 11.5. The molecular formula is C25H25FN2O4S. The first-order chi connectivity index (χ1) is 15.9. The Bertz CT molecular complexity index is 1130. The lowest BCUT2D eigenvalue weighted by Gasteiger charge is -2.30. The summed E-state index contributed by atoms with van der Waals surface area (Å²) in [5.41, 5.74) is 1.12. The van der Waals surface area contributed by atoms with Crippen LogP contribution >= 0.6 is 11.3 Å². The monoisotopic (exact) mass is 468 g/mol. The Balaban J connectivity index is 1.54. The molecule has 0 saturated carbocycles. The first-order valence-electron chi connectivity index (χ1n) is 10.7. The van der Waals surface area contributed by atoms with Crippen LogP contribution < -0.4 is 9.47 Å². The number of ether oxygens (including phenoxy) is 2. The van der Waals surface area contributed by atoms with E-state index in [0.717, 1.165) is 10.4 Å². The highest BCUT2D eigenvalue weighted by molar-refractivity contribution is 7.09. The number of benzene rings is 2. The second-order valence-corrected chi connectivity index (χ2v) is 9.09. The van der Waals surface area contributed by atoms with Crippen LogP contribution in [0.1, 0.15) is 34.6 Å². The molecule has 0 saturated heterocycles. The van der Waals surface area contributed by atoms with Gasteiger partial charge in [-0.25, -0.2) is 4.39 Å². The quantitative estimate of drug-likeness (QED) is 0.481. The lowest BCUT2D eigenvalue weighted by molar-refractivity contribution is -0.133. The molecule has 0 bridgehead atoms. The molecule has 8 heteroatoms. The van der Waals surface area contributed by atoms with E-state index >= 15 is 0 Å². The van der Waals surface area contributed by atoms with Gasteiger partial charge in [-0.2, -0.15) is 0 Å². The van der Waals surface area contributed by atoms with E-state index < -0.39 is 5.82 Å². The number of halogens is 1. The van der Waals surface area contributed by atoms with Crippen LogP contribution in [0.2, 0.25) is 0 Å². The molecule has 1 aliphatic rings. The minimum Gasteiger partial charge on any atom is -0.454 e. The second kappa shape index (κ2) is 10.0. The largest absolute Gasteiger partial charge is 0.454 e. The van der Waals surface area contributed by atoms with Crippen molar-refractivity contribution in [1.82, 2.24) is 9.80 Å². The molecule has 0 radical (unpaired) electrons. The van der Waals surface area contributed by atoms with Gasteiger partial charge in [0.2, 0.25) is 12.7 Å². The molecule has 6 nitrogen and oxygen atoms in total. The van der Waals surface area contributed by atoms with Gasteiger partial charge in [-0.15, -0.1) is 11.3 Å². The maximum Gasteiger partial charge on any atom is 0.254 e. The predicted octanol–water partition coefficient (Wildman–Crippen LogP) is 4.70. The van der Waals surface area contributed by atoms with Gasteiger partial charge in [-0.3, -0.25) is 9.59 Å². The van der Waals surface area contributed by atoms with E-state index in [-0.39, 0.29) is 36.8 Å². The van der Waals surface area contributed by atoms with Crippen molar-refractivity contribution in [2.75, 3.05) is 13.3 Å². The average Bonchev–Trinajstić information content (AvgIpc) is 3.47. The fraction of sp³-hybridized carbons (Fsp3) is 0.280. The Kier molecular flexibility index (Phi) is 6.93. The van der Waals surface area contributed by atoms with Crippen molar-refractivity contribution in [3.8, 4) is 11.5 Å². The number of carbonyl (C=O) groups is 2. The third-order valence-corrected chi connectivity index (χ3v) is 6.21. The maximum absolute atomic E-state index is 13.7. The number of nitrogens with zero attached hydrogens (tertiary/aromatic N) is 2. The molecule has 2 aromatic carbocycles. The molecule has 1 aromatic heterocycles. The number of hydrogen-bond acceptors (Lipinski definition) is 5. The maximum atomic E-state index is 13.7. The number of amides is 2. The molecule has 4 rings (SSSR count). The van der Waals surface area contributed by atoms with Gasteiger partial charge in [0.05, 0.1) is 6.54 Å². The van der Waals surface area contributed by atoms with Crippen LogP contribution in [0.25, 0.3) is 0 Å². The molecule has 172 valence electrons. The zero-order chi connectivity index (χ0) is 23.4. The Morgan fingerprint density at radius 3 is 2.58 bits per heavy atom. The minimum atomic E-state index is -0.488. The summed E-state index contributed by atoms with van der Waals surface area (Å²) in [4.78, 5) is 30.7. The standard InChI is InChI=1S/C25H25FN2O4S/c1-17(2)28(25(30)19-5-3-6-20(26)12-19)15-24(29)27(14-21-7-4-10-33-21)13-18-8-9-22-23(11-18)32-16-31-22/h3-12,17H,13-16H2,1-2H3. The molecule has 0 spiro atoms. The highest BCUT2D eigenvalue weighted by atomic mass is 32.1. The molecule has 3 aromatic rings. The molecule has 0 N–H and O–H groups in total. The van der Waals surface area contributed by atoms with E-state index in [4.69, 9.17) is 9.47 Å². The van der Waals surface area contributed by atoms with Crippen LogP contribution in [-0.2, 0) is 17.9 Å². The first kappa shape index (κ1) is 22.8. The van der Waals surface area contributed by atoms with Crippen molar-refractivity contribution in [2.24, 2.45) is 0 Å². The summed E-state index contributed by atoms with van der Waals surface area (Å²) < 4.78 is 24.5. The molecule has 33 heavy (non-hydrogen) atoms. The van der Waals surface area contributed by atoms with Crippen LogP contribution in [0.15, 0.2) is 60.0 Å². The summed E-state index contributed by atoms with van der Waals surface area (Å²) in [5.74, 6) is 0.275. The SMILES string of the molecule is CC(C)N(CC(=O)N(Cc1ccc2c(c1)OCO2)Cc1cccs1)C(=O)c1cccc(F)c1. The summed E-state index contributed by atoms with van der Waals surface area (Å²) >= 11 is 1.57. The van der Waals surface area contributed by atoms with E-state index in [1.807, 2.05) is 49.6 Å². The van der Waals surface area contributed by atoms with Crippen molar-refractivity contribution in [1.29, 1.82) is 0 Å². The van der Waals surface area contributed by atoms with Crippen LogP contribution in [-0.4, -0.2) is 41.0 Å². The lowest BCUT2D eigenvalue weighted by atomic mass is 10.1. The van der Waals surface area contributed by atoms with Gasteiger partial charge in [-0.1, -0.05) is 18.2 Å². The molecule has 1 aliphatic heterocycles. The highest BCUT2D eigenvalue weighted by Gasteiger charge is 2.25. The number of hydrogen-bond donors (Lipinski definition) is 0. The van der Waals surface area contributed by atoms with Crippen molar-refractivity contribution in [2.45, 2.75) is 33.0 Å². The van der Waals surface area contributed by atoms with Crippen LogP contribution in [0, 0.1) is 5.82 Å². The summed E-state index contributed by atoms with van der Waals surface area (Å²) in [5, 5.41) is 1.96. The van der Waals surface area contributed by atoms with E-state index in [9.17, 15) is 14.0 Å². The van der Waals surface area contributed by atoms with Crippen LogP contribution in [0.5, 0.6) is 11.5 Å². The highest BCUT2D eigenvalue weighted by Crippen LogP contribution is 2.33. The zero-order valence-electron chi connectivity index (χ0n) is 18.5. The Morgan fingerprint density at radius 1 is 1.03 bits per heavy atom. The number of fused-ring (bicyclic) bond motifs is 1. The third-order valence-electron chi connectivity index (χ3n) is 5.35. The Labute approximate surface area is 196 Å². The fourth-order valence-corrected chi connectivity index (χ4v) is 4.32. The van der Waals surface area contributed by atoms with E-state index in [1.54, 1.807) is 22.3 Å². The fourth-order valence-electron chi connectivity index (χ4n) is 3.60. The van der Waals surface area contributed by atoms with Gasteiger partial charge in [0.1, 0.15) is 12.4 Å². The van der Waals surface area contributed by atoms with E-state index in [1.165, 1.54) is 23.1 Å². The zero-order valence-corrected chi connectivity index (χ0v) is 19.3. The van der Waals surface area contributed by atoms with Crippen molar-refractivity contribution in [3.63, 3.8) is 0 Å². The Morgan fingerprint density at radius 2 is 1.85 bits per heavy atom. The molecular weight excluding hydrogens is 443 g/mol. The smallest absolute Gasteiger partial charge is 0.254 e. The summed E-state index contributed by atoms with van der Waals surface area (Å²) in [6, 6.07) is 14.8. The van der Waals surface area contributed by atoms with Gasteiger partial charge in [-0.05, 0) is 61.2 Å². The second-order valence-electron chi connectivity index (χ2n) is 8.05. The Hall–Kier alpha value is -3.39. The van der Waals surface area contributed by atoms with E-state index in [0.29, 0.717) is 24.6 Å². The average molecular weight is 469 g/mol. The minimum absolute atomic E-state index is 0.108. The van der Waals surface area contributed by atoms with Crippen LogP contribution in [0.3, 0.4) is 0 Å². The predicted molar refractivity (Wildman–Crippen MR) is 124 cm³/mol. The molecule has 0 aliphatic carbocycles. The van der Waals surface area contributed by atoms with Crippen LogP contribution in [0.4, 0.5) is 4.39 Å². The number of rotatable bonds is 8. The van der Waals surface area contributed by atoms with Gasteiger partial charge in [0.25, 0.3) is 5.91 Å². The van der Waals surface area contributed by atoms with Gasteiger partial charge in [0.15, 0.2) is 11.5 Å². The summed E-state index contributed by atoms with van der Waals surface area (Å²) in [6.45, 7) is 4.53. The van der Waals surface area contributed by atoms with Crippen molar-refractivity contribution in [3.05, 3.63) is 81.8 Å². The topological polar surface area (TPSA) is 59.1 Å². The van der Waals surface area contributed by atoms with Gasteiger partial charge in [0, 0.05) is 23.0 Å². The van der Waals surface area contributed by atoms with E-state index in [2.05, 4.69) is 0 Å². The molecule has 0 unspecified atom stereocenters. The number of carbonyl (C=O) groups excluding carboxylic acids is 2. The third kappa shape index (κ3) is 5.51. The summed E-state index contributed by atoms with van der Waals surface area (Å²) in [6.07, 6.45) is 0. The lowest BCUT2D eigenvalue weighted by Crippen LogP contribution is -2.45. The number of thiophene rings is 1. The van der Waals surface area contributed by atoms with Gasteiger partial charge < -0.3 is 19.3 Å². The van der Waals surface area contributed by atoms with Crippen molar-refractivity contribution < 1.29 is 23.5 Å². The molecule has 2 amide bonds. The summed E-state index contributed by atoms with van der Waals surface area (Å²) in [7, 11) is 0. The molecule has 0 fully saturated rings. The molecule has 2 heterocycles. The van der Waals surface area contributed by atoms with Gasteiger partial charge >= 0.3 is 0 Å². The molecule has 0 atom stereocenters. The van der Waals surface area contributed by atoms with Crippen molar-refractivity contribution >= 4 is 23.2 Å².